The first-order chi connectivity index (χ1) is 11.4. The Morgan fingerprint density at radius 3 is 2.22 bits per heavy atom. The minimum absolute atomic E-state index is 1.23. The van der Waals surface area contributed by atoms with Gasteiger partial charge in [-0.05, 0) is 48.4 Å². The van der Waals surface area contributed by atoms with E-state index in [2.05, 4.69) is 61.5 Å². The Balaban J connectivity index is 1.53. The smallest absolute Gasteiger partial charge is 0.0181 e. The summed E-state index contributed by atoms with van der Waals surface area (Å²) in [6.45, 7) is 2.24. The van der Waals surface area contributed by atoms with E-state index in [1.807, 2.05) is 0 Å². The molecule has 0 nitrogen and oxygen atoms in total. The maximum Gasteiger partial charge on any atom is -0.0181 e. The fourth-order valence-corrected chi connectivity index (χ4v) is 3.10. The fraction of sp³-hybridized carbons (Fsp3) is 0.478. The molecule has 124 valence electrons. The van der Waals surface area contributed by atoms with Gasteiger partial charge in [0.25, 0.3) is 0 Å². The van der Waals surface area contributed by atoms with E-state index in [-0.39, 0.29) is 0 Å². The van der Waals surface area contributed by atoms with E-state index in [0.717, 1.165) is 0 Å². The number of aryl methyl sites for hydroxylation is 1. The lowest BCUT2D eigenvalue weighted by molar-refractivity contribution is 0.596. The van der Waals surface area contributed by atoms with Crippen molar-refractivity contribution in [1.29, 1.82) is 0 Å². The van der Waals surface area contributed by atoms with Gasteiger partial charge in [-0.3, -0.25) is 0 Å². The van der Waals surface area contributed by atoms with Crippen LogP contribution in [0, 0.1) is 0 Å². The monoisotopic (exact) mass is 308 g/mol. The van der Waals surface area contributed by atoms with Crippen molar-refractivity contribution in [2.24, 2.45) is 0 Å². The summed E-state index contributed by atoms with van der Waals surface area (Å²) in [5.74, 6) is 0. The highest BCUT2D eigenvalue weighted by Crippen LogP contribution is 2.17. The summed E-state index contributed by atoms with van der Waals surface area (Å²) in [7, 11) is 0. The molecule has 23 heavy (non-hydrogen) atoms. The molecule has 2 aromatic carbocycles. The van der Waals surface area contributed by atoms with Crippen molar-refractivity contribution in [3.05, 3.63) is 60.2 Å². The first-order valence-electron chi connectivity index (χ1n) is 9.53. The predicted molar refractivity (Wildman–Crippen MR) is 104 cm³/mol. The van der Waals surface area contributed by atoms with Crippen LogP contribution in [-0.4, -0.2) is 0 Å². The first kappa shape index (κ1) is 17.8. The molecule has 0 heteroatoms. The van der Waals surface area contributed by atoms with Crippen LogP contribution in [-0.2, 0) is 6.42 Å². The Hall–Kier alpha value is -1.56. The second-order valence-corrected chi connectivity index (χ2v) is 6.60. The zero-order valence-electron chi connectivity index (χ0n) is 14.8. The van der Waals surface area contributed by atoms with Crippen molar-refractivity contribution in [2.75, 3.05) is 0 Å². The van der Waals surface area contributed by atoms with Crippen molar-refractivity contribution >= 4 is 10.8 Å². The van der Waals surface area contributed by atoms with Gasteiger partial charge in [0.2, 0.25) is 0 Å². The zero-order chi connectivity index (χ0) is 16.2. The summed E-state index contributed by atoms with van der Waals surface area (Å²) in [6, 6.07) is 15.6. The molecule has 0 N–H and O–H groups in total. The molecule has 0 saturated carbocycles. The van der Waals surface area contributed by atoms with Crippen LogP contribution in [0.25, 0.3) is 10.8 Å². The molecule has 0 saturated heterocycles. The molecule has 0 aliphatic rings. The SMILES string of the molecule is CCC/C=C/CCCCCCCCc1ccc2ccccc2c1. The number of fused-ring (bicyclic) bond motifs is 1. The lowest BCUT2D eigenvalue weighted by Crippen LogP contribution is -1.87. The Bertz CT molecular complexity index is 579. The van der Waals surface area contributed by atoms with Crippen LogP contribution in [0.1, 0.15) is 70.3 Å². The minimum atomic E-state index is 1.23. The van der Waals surface area contributed by atoms with E-state index in [9.17, 15) is 0 Å². The van der Waals surface area contributed by atoms with Gasteiger partial charge in [0.15, 0.2) is 0 Å². The van der Waals surface area contributed by atoms with Gasteiger partial charge in [-0.1, -0.05) is 93.6 Å². The van der Waals surface area contributed by atoms with Crippen molar-refractivity contribution in [2.45, 2.75) is 71.1 Å². The van der Waals surface area contributed by atoms with E-state index in [0.29, 0.717) is 0 Å². The maximum absolute atomic E-state index is 2.36. The van der Waals surface area contributed by atoms with Gasteiger partial charge in [-0.15, -0.1) is 0 Å². The highest BCUT2D eigenvalue weighted by Gasteiger charge is 1.97. The van der Waals surface area contributed by atoms with Gasteiger partial charge >= 0.3 is 0 Å². The van der Waals surface area contributed by atoms with E-state index in [1.165, 1.54) is 80.5 Å². The van der Waals surface area contributed by atoms with Crippen molar-refractivity contribution in [1.82, 2.24) is 0 Å². The van der Waals surface area contributed by atoms with Crippen molar-refractivity contribution < 1.29 is 0 Å². The van der Waals surface area contributed by atoms with Crippen LogP contribution in [0.4, 0.5) is 0 Å². The molecule has 0 radical (unpaired) electrons. The number of hydrogen-bond donors (Lipinski definition) is 0. The third kappa shape index (κ3) is 7.03. The van der Waals surface area contributed by atoms with Gasteiger partial charge in [-0.2, -0.15) is 0 Å². The summed E-state index contributed by atoms with van der Waals surface area (Å²) in [6.07, 6.45) is 18.0. The number of unbranched alkanes of at least 4 members (excludes halogenated alkanes) is 7. The summed E-state index contributed by atoms with van der Waals surface area (Å²) in [5.41, 5.74) is 1.49. The second kappa shape index (κ2) is 11.0. The molecule has 0 aliphatic carbocycles. The molecule has 0 atom stereocenters. The summed E-state index contributed by atoms with van der Waals surface area (Å²) in [5, 5.41) is 2.73. The van der Waals surface area contributed by atoms with Gasteiger partial charge in [0.05, 0.1) is 0 Å². The Kier molecular flexibility index (Phi) is 8.55. The van der Waals surface area contributed by atoms with Crippen molar-refractivity contribution in [3.63, 3.8) is 0 Å². The maximum atomic E-state index is 2.36. The molecule has 0 spiro atoms. The van der Waals surface area contributed by atoms with Gasteiger partial charge in [0, 0.05) is 0 Å². The molecule has 0 aromatic heterocycles. The second-order valence-electron chi connectivity index (χ2n) is 6.60. The molecule has 2 rings (SSSR count). The van der Waals surface area contributed by atoms with Crippen LogP contribution < -0.4 is 0 Å². The van der Waals surface area contributed by atoms with Crippen LogP contribution in [0.5, 0.6) is 0 Å². The predicted octanol–water partition coefficient (Wildman–Crippen LogP) is 7.47. The van der Waals surface area contributed by atoms with Crippen LogP contribution in [0.3, 0.4) is 0 Å². The van der Waals surface area contributed by atoms with Crippen molar-refractivity contribution in [3.8, 4) is 0 Å². The molecule has 0 amide bonds. The summed E-state index contributed by atoms with van der Waals surface area (Å²) >= 11 is 0. The Labute approximate surface area is 142 Å². The highest BCUT2D eigenvalue weighted by atomic mass is 14.0. The molecule has 2 aromatic rings. The normalized spacial score (nSPS) is 11.5. The van der Waals surface area contributed by atoms with Crippen LogP contribution in [0.2, 0.25) is 0 Å². The van der Waals surface area contributed by atoms with Crippen LogP contribution in [0.15, 0.2) is 54.6 Å². The molecule has 0 aliphatic heterocycles. The number of benzene rings is 2. The van der Waals surface area contributed by atoms with Gasteiger partial charge < -0.3 is 0 Å². The molecule has 0 unspecified atom stereocenters. The van der Waals surface area contributed by atoms with Gasteiger partial charge in [0.1, 0.15) is 0 Å². The number of hydrogen-bond acceptors (Lipinski definition) is 0. The first-order valence-corrected chi connectivity index (χ1v) is 9.53. The zero-order valence-corrected chi connectivity index (χ0v) is 14.8. The largest absolute Gasteiger partial charge is 0.0885 e. The molecule has 0 heterocycles. The molecular weight excluding hydrogens is 276 g/mol. The average Bonchev–Trinajstić information content (AvgIpc) is 2.59. The molecule has 0 fully saturated rings. The van der Waals surface area contributed by atoms with Gasteiger partial charge in [-0.25, -0.2) is 0 Å². The summed E-state index contributed by atoms with van der Waals surface area (Å²) in [4.78, 5) is 0. The topological polar surface area (TPSA) is 0 Å². The fourth-order valence-electron chi connectivity index (χ4n) is 3.10. The Morgan fingerprint density at radius 2 is 1.39 bits per heavy atom. The third-order valence-corrected chi connectivity index (χ3v) is 4.52. The average molecular weight is 309 g/mol. The summed E-state index contributed by atoms with van der Waals surface area (Å²) < 4.78 is 0. The standard InChI is InChI=1S/C23H32/c1-2-3-4-5-6-7-8-9-10-11-12-15-21-18-19-22-16-13-14-17-23(22)20-21/h4-5,13-14,16-20H,2-3,6-12,15H2,1H3/b5-4+. The Morgan fingerprint density at radius 1 is 0.696 bits per heavy atom. The molecular formula is C23H32. The highest BCUT2D eigenvalue weighted by molar-refractivity contribution is 5.82. The number of rotatable bonds is 11. The lowest BCUT2D eigenvalue weighted by atomic mass is 10.0. The quantitative estimate of drug-likeness (QED) is 0.298. The van der Waals surface area contributed by atoms with E-state index in [4.69, 9.17) is 0 Å². The van der Waals surface area contributed by atoms with E-state index < -0.39 is 0 Å². The molecule has 0 bridgehead atoms. The third-order valence-electron chi connectivity index (χ3n) is 4.52. The van der Waals surface area contributed by atoms with E-state index in [1.54, 1.807) is 0 Å². The lowest BCUT2D eigenvalue weighted by Gasteiger charge is -2.04. The number of allylic oxidation sites excluding steroid dienone is 2. The van der Waals surface area contributed by atoms with Crippen LogP contribution >= 0.6 is 0 Å². The van der Waals surface area contributed by atoms with E-state index >= 15 is 0 Å². The minimum Gasteiger partial charge on any atom is -0.0885 e.